The van der Waals surface area contributed by atoms with Gasteiger partial charge in [0.1, 0.15) is 11.8 Å². The fourth-order valence-corrected chi connectivity index (χ4v) is 4.18. The number of hydrogen-bond acceptors (Lipinski definition) is 4. The number of nitrogens with one attached hydrogen (secondary N) is 1. The first-order chi connectivity index (χ1) is 16.9. The van der Waals surface area contributed by atoms with Gasteiger partial charge in [0, 0.05) is 13.0 Å². The Morgan fingerprint density at radius 1 is 0.829 bits per heavy atom. The monoisotopic (exact) mass is 472 g/mol. The van der Waals surface area contributed by atoms with Gasteiger partial charge < -0.3 is 21.5 Å². The zero-order valence-electron chi connectivity index (χ0n) is 19.6. The number of amides is 2. The van der Waals surface area contributed by atoms with Gasteiger partial charge in [-0.2, -0.15) is 0 Å². The van der Waals surface area contributed by atoms with Crippen LogP contribution in [0.3, 0.4) is 0 Å². The van der Waals surface area contributed by atoms with E-state index in [9.17, 15) is 14.7 Å². The lowest BCUT2D eigenvalue weighted by Gasteiger charge is -2.33. The third kappa shape index (κ3) is 7.17. The Morgan fingerprint density at radius 3 is 1.86 bits per heavy atom. The minimum absolute atomic E-state index is 0.0888. The number of phenols is 1. The van der Waals surface area contributed by atoms with E-state index in [0.29, 0.717) is 25.7 Å². The van der Waals surface area contributed by atoms with Gasteiger partial charge in [0.25, 0.3) is 0 Å². The van der Waals surface area contributed by atoms with Crippen LogP contribution in [0.5, 0.6) is 5.75 Å². The van der Waals surface area contributed by atoms with Crippen molar-refractivity contribution in [3.63, 3.8) is 0 Å². The zero-order valence-corrected chi connectivity index (χ0v) is 19.6. The molecule has 0 fully saturated rings. The third-order valence-electron chi connectivity index (χ3n) is 5.96. The molecule has 0 aliphatic carbocycles. The first-order valence-corrected chi connectivity index (χ1v) is 11.7. The van der Waals surface area contributed by atoms with Crippen LogP contribution in [0, 0.1) is 5.41 Å². The highest BCUT2D eigenvalue weighted by Gasteiger charge is 2.34. The number of nitrogens with two attached hydrogens (primary N) is 2. The van der Waals surface area contributed by atoms with Crippen molar-refractivity contribution in [2.24, 2.45) is 11.5 Å². The molecule has 1 atom stereocenters. The van der Waals surface area contributed by atoms with Crippen LogP contribution in [0.4, 0.5) is 0 Å². The lowest BCUT2D eigenvalue weighted by atomic mass is 9.89. The van der Waals surface area contributed by atoms with Gasteiger partial charge in [-0.15, -0.1) is 0 Å². The Balaban J connectivity index is 2.00. The Hall–Kier alpha value is -4.13. The summed E-state index contributed by atoms with van der Waals surface area (Å²) in [5, 5.41) is 17.1. The van der Waals surface area contributed by atoms with Crippen LogP contribution in [0.15, 0.2) is 84.9 Å². The molecule has 0 heterocycles. The predicted molar refractivity (Wildman–Crippen MR) is 137 cm³/mol. The van der Waals surface area contributed by atoms with Crippen LogP contribution >= 0.6 is 0 Å². The van der Waals surface area contributed by atoms with E-state index in [4.69, 9.17) is 16.9 Å². The third-order valence-corrected chi connectivity index (χ3v) is 5.96. The van der Waals surface area contributed by atoms with Gasteiger partial charge in [0.05, 0.1) is 11.8 Å². The fraction of sp³-hybridized carbons (Fsp3) is 0.250. The minimum atomic E-state index is -0.835. The van der Waals surface area contributed by atoms with Crippen molar-refractivity contribution in [3.05, 3.63) is 102 Å². The molecule has 2 amide bonds. The molecule has 6 N–H and O–H groups in total. The van der Waals surface area contributed by atoms with E-state index in [-0.39, 0.29) is 24.0 Å². The normalized spacial score (nSPS) is 11.7. The van der Waals surface area contributed by atoms with E-state index < -0.39 is 17.9 Å². The van der Waals surface area contributed by atoms with Crippen LogP contribution in [0.25, 0.3) is 0 Å². The summed E-state index contributed by atoms with van der Waals surface area (Å²) >= 11 is 0. The van der Waals surface area contributed by atoms with Crippen molar-refractivity contribution in [3.8, 4) is 5.75 Å². The number of amidine groups is 1. The number of carbonyl (C=O) groups excluding carboxylic acids is 2. The highest BCUT2D eigenvalue weighted by molar-refractivity contribution is 5.92. The molecular weight excluding hydrogens is 440 g/mol. The molecule has 0 radical (unpaired) electrons. The van der Waals surface area contributed by atoms with Gasteiger partial charge in [-0.3, -0.25) is 15.0 Å². The summed E-state index contributed by atoms with van der Waals surface area (Å²) in [4.78, 5) is 28.4. The van der Waals surface area contributed by atoms with E-state index in [0.717, 1.165) is 16.7 Å². The van der Waals surface area contributed by atoms with Crippen molar-refractivity contribution in [1.29, 1.82) is 5.41 Å². The van der Waals surface area contributed by atoms with Crippen molar-refractivity contribution >= 4 is 17.6 Å². The van der Waals surface area contributed by atoms with E-state index >= 15 is 0 Å². The first kappa shape index (κ1) is 25.5. The van der Waals surface area contributed by atoms with E-state index in [2.05, 4.69) is 0 Å². The van der Waals surface area contributed by atoms with E-state index in [1.54, 1.807) is 29.2 Å². The predicted octanol–water partition coefficient (Wildman–Crippen LogP) is 3.90. The molecule has 7 nitrogen and oxygen atoms in total. The number of unbranched alkanes of at least 4 members (excludes halogenated alkanes) is 1. The maximum absolute atomic E-state index is 14.2. The largest absolute Gasteiger partial charge is 0.508 e. The number of phenolic OH excluding ortho intramolecular Hbond substituents is 1. The second kappa shape index (κ2) is 12.4. The van der Waals surface area contributed by atoms with Crippen LogP contribution in [0.2, 0.25) is 0 Å². The molecule has 0 spiro atoms. The maximum Gasteiger partial charge on any atom is 0.240 e. The number of aromatic hydroxyl groups is 1. The number of hydrogen-bond donors (Lipinski definition) is 4. The molecule has 3 aromatic rings. The van der Waals surface area contributed by atoms with Crippen molar-refractivity contribution in [2.45, 2.75) is 44.2 Å². The first-order valence-electron chi connectivity index (χ1n) is 11.7. The number of nitrogens with zero attached hydrogens (tertiary/aromatic N) is 1. The van der Waals surface area contributed by atoms with Crippen LogP contribution < -0.4 is 11.5 Å². The average molecular weight is 473 g/mol. The lowest BCUT2D eigenvalue weighted by Crippen LogP contribution is -2.49. The van der Waals surface area contributed by atoms with Crippen molar-refractivity contribution < 1.29 is 14.7 Å². The molecule has 0 aromatic heterocycles. The second-order valence-electron chi connectivity index (χ2n) is 8.58. The number of primary amides is 1. The van der Waals surface area contributed by atoms with Gasteiger partial charge in [0.15, 0.2) is 0 Å². The molecular formula is C28H32N4O3. The standard InChI is InChI=1S/C28H32N4O3/c29-25(30)14-8-7-13-24(27(31)34)32(19-20-15-17-23(33)18-16-20)28(35)26(21-9-3-1-4-10-21)22-11-5-2-6-12-22/h1-6,9-12,15-18,24,26,33H,7-8,13-14,19H2,(H3,29,30)(H2,31,34)/t24-/m1/s1. The van der Waals surface area contributed by atoms with Gasteiger partial charge in [-0.25, -0.2) is 0 Å². The smallest absolute Gasteiger partial charge is 0.240 e. The topological polar surface area (TPSA) is 134 Å². The highest BCUT2D eigenvalue weighted by atomic mass is 16.3. The number of carbonyl (C=O) groups is 2. The number of rotatable bonds is 12. The van der Waals surface area contributed by atoms with E-state index in [1.165, 1.54) is 0 Å². The molecule has 0 aliphatic heterocycles. The Kier molecular flexibility index (Phi) is 9.01. The summed E-state index contributed by atoms with van der Waals surface area (Å²) in [6, 6.07) is 24.7. The summed E-state index contributed by atoms with van der Waals surface area (Å²) in [6.07, 6.45) is 2.01. The molecule has 3 aromatic carbocycles. The summed E-state index contributed by atoms with van der Waals surface area (Å²) < 4.78 is 0. The summed E-state index contributed by atoms with van der Waals surface area (Å²) in [5.41, 5.74) is 13.7. The Bertz CT molecular complexity index is 1080. The molecule has 3 rings (SSSR count). The summed E-state index contributed by atoms with van der Waals surface area (Å²) in [6.45, 7) is 0.162. The molecule has 0 aliphatic rings. The fourth-order valence-electron chi connectivity index (χ4n) is 4.18. The maximum atomic E-state index is 14.2. The van der Waals surface area contributed by atoms with Crippen LogP contribution in [-0.4, -0.2) is 33.7 Å². The number of benzene rings is 3. The van der Waals surface area contributed by atoms with Crippen LogP contribution in [-0.2, 0) is 16.1 Å². The van der Waals surface area contributed by atoms with Crippen molar-refractivity contribution in [2.75, 3.05) is 0 Å². The highest BCUT2D eigenvalue weighted by Crippen LogP contribution is 2.29. The molecule has 0 saturated heterocycles. The van der Waals surface area contributed by atoms with Gasteiger partial charge in [-0.1, -0.05) is 79.2 Å². The summed E-state index contributed by atoms with van der Waals surface area (Å²) in [5.74, 6) is -1.22. The molecule has 0 unspecified atom stereocenters. The zero-order chi connectivity index (χ0) is 25.2. The van der Waals surface area contributed by atoms with Gasteiger partial charge >= 0.3 is 0 Å². The molecule has 35 heavy (non-hydrogen) atoms. The quantitative estimate of drug-likeness (QED) is 0.181. The van der Waals surface area contributed by atoms with Crippen molar-refractivity contribution in [1.82, 2.24) is 4.90 Å². The minimum Gasteiger partial charge on any atom is -0.508 e. The Morgan fingerprint density at radius 2 is 1.37 bits per heavy atom. The molecule has 7 heteroatoms. The van der Waals surface area contributed by atoms with Gasteiger partial charge in [-0.05, 0) is 41.7 Å². The van der Waals surface area contributed by atoms with E-state index in [1.807, 2.05) is 60.7 Å². The van der Waals surface area contributed by atoms with Crippen LogP contribution in [0.1, 0.15) is 48.3 Å². The average Bonchev–Trinajstić information content (AvgIpc) is 2.85. The molecule has 0 bridgehead atoms. The molecule has 182 valence electrons. The molecule has 0 saturated carbocycles. The van der Waals surface area contributed by atoms with Gasteiger partial charge in [0.2, 0.25) is 11.8 Å². The Labute approximate surface area is 205 Å². The lowest BCUT2D eigenvalue weighted by molar-refractivity contribution is -0.141. The second-order valence-corrected chi connectivity index (χ2v) is 8.58. The summed E-state index contributed by atoms with van der Waals surface area (Å²) in [7, 11) is 0. The SMILES string of the molecule is N=C(N)CCCC[C@H](C(N)=O)N(Cc1ccc(O)cc1)C(=O)C(c1ccccc1)c1ccccc1.